The van der Waals surface area contributed by atoms with E-state index in [9.17, 15) is 9.59 Å². The van der Waals surface area contributed by atoms with Crippen molar-refractivity contribution >= 4 is 5.91 Å². The van der Waals surface area contributed by atoms with E-state index in [0.29, 0.717) is 17.1 Å². The largest absolute Gasteiger partial charge is 0.497 e. The van der Waals surface area contributed by atoms with Crippen LogP contribution in [0.5, 0.6) is 5.75 Å². The fourth-order valence-corrected chi connectivity index (χ4v) is 2.00. The molecule has 1 amide bonds. The number of rotatable bonds is 5. The number of hydrogen-bond donors (Lipinski definition) is 1. The van der Waals surface area contributed by atoms with Crippen molar-refractivity contribution in [1.29, 1.82) is 0 Å². The quantitative estimate of drug-likeness (QED) is 0.879. The van der Waals surface area contributed by atoms with Crippen molar-refractivity contribution in [1.82, 2.24) is 15.0 Å². The van der Waals surface area contributed by atoms with Gasteiger partial charge in [-0.1, -0.05) is 5.16 Å². The van der Waals surface area contributed by atoms with Gasteiger partial charge < -0.3 is 10.1 Å². The van der Waals surface area contributed by atoms with Crippen molar-refractivity contribution in [3.8, 4) is 17.1 Å². The van der Waals surface area contributed by atoms with E-state index >= 15 is 0 Å². The SMILES string of the molecule is COc1ccc(-c2noc(=O)n2CC(=O)NC2CC2)cc1. The number of nitrogens with zero attached hydrogens (tertiary/aromatic N) is 2. The average molecular weight is 289 g/mol. The Morgan fingerprint density at radius 3 is 2.76 bits per heavy atom. The van der Waals surface area contributed by atoms with Crippen molar-refractivity contribution in [2.24, 2.45) is 0 Å². The lowest BCUT2D eigenvalue weighted by atomic mass is 10.2. The first-order valence-electron chi connectivity index (χ1n) is 6.67. The van der Waals surface area contributed by atoms with E-state index < -0.39 is 5.76 Å². The van der Waals surface area contributed by atoms with Crippen LogP contribution < -0.4 is 15.8 Å². The number of carbonyl (C=O) groups excluding carboxylic acids is 1. The lowest BCUT2D eigenvalue weighted by molar-refractivity contribution is -0.121. The van der Waals surface area contributed by atoms with Gasteiger partial charge in [-0.2, -0.15) is 0 Å². The predicted octanol–water partition coefficient (Wildman–Crippen LogP) is 0.790. The molecule has 1 aromatic heterocycles. The summed E-state index contributed by atoms with van der Waals surface area (Å²) in [7, 11) is 1.57. The van der Waals surface area contributed by atoms with Gasteiger partial charge >= 0.3 is 5.76 Å². The molecule has 0 unspecified atom stereocenters. The van der Waals surface area contributed by atoms with Crippen molar-refractivity contribution in [2.75, 3.05) is 7.11 Å². The highest BCUT2D eigenvalue weighted by Crippen LogP contribution is 2.21. The summed E-state index contributed by atoms with van der Waals surface area (Å²) in [5.41, 5.74) is 0.681. The Labute approximate surface area is 120 Å². The van der Waals surface area contributed by atoms with E-state index in [-0.39, 0.29) is 18.5 Å². The fraction of sp³-hybridized carbons (Fsp3) is 0.357. The molecule has 1 aliphatic carbocycles. The Morgan fingerprint density at radius 2 is 2.14 bits per heavy atom. The molecule has 7 heteroatoms. The molecule has 2 aromatic rings. The second-order valence-corrected chi connectivity index (χ2v) is 4.93. The van der Waals surface area contributed by atoms with Crippen LogP contribution in [0.3, 0.4) is 0 Å². The van der Waals surface area contributed by atoms with Crippen LogP contribution in [0.25, 0.3) is 11.4 Å². The standard InChI is InChI=1S/C14H15N3O4/c1-20-11-6-2-9(3-7-11)13-16-21-14(19)17(13)8-12(18)15-10-4-5-10/h2-3,6-7,10H,4-5,8H2,1H3,(H,15,18). The summed E-state index contributed by atoms with van der Waals surface area (Å²) in [6.45, 7) is -0.0970. The lowest BCUT2D eigenvalue weighted by Gasteiger charge is -2.06. The van der Waals surface area contributed by atoms with Gasteiger partial charge in [-0.15, -0.1) is 0 Å². The molecule has 21 heavy (non-hydrogen) atoms. The Hall–Kier alpha value is -2.57. The lowest BCUT2D eigenvalue weighted by Crippen LogP contribution is -2.32. The minimum atomic E-state index is -0.647. The zero-order valence-electron chi connectivity index (χ0n) is 11.5. The number of ether oxygens (including phenoxy) is 1. The number of amides is 1. The number of methoxy groups -OCH3 is 1. The van der Waals surface area contributed by atoms with Crippen LogP contribution in [0, 0.1) is 0 Å². The topological polar surface area (TPSA) is 86.4 Å². The van der Waals surface area contributed by atoms with Crippen LogP contribution in [0.2, 0.25) is 0 Å². The minimum Gasteiger partial charge on any atom is -0.497 e. The summed E-state index contributed by atoms with van der Waals surface area (Å²) in [6, 6.07) is 7.26. The minimum absolute atomic E-state index is 0.0970. The molecule has 3 rings (SSSR count). The summed E-state index contributed by atoms with van der Waals surface area (Å²) in [4.78, 5) is 23.5. The molecule has 0 saturated heterocycles. The van der Waals surface area contributed by atoms with Gasteiger partial charge in [-0.3, -0.25) is 9.32 Å². The second-order valence-electron chi connectivity index (χ2n) is 4.93. The molecule has 0 aliphatic heterocycles. The smallest absolute Gasteiger partial charge is 0.442 e. The highest BCUT2D eigenvalue weighted by atomic mass is 16.5. The monoisotopic (exact) mass is 289 g/mol. The normalized spacial score (nSPS) is 14.0. The van der Waals surface area contributed by atoms with E-state index in [0.717, 1.165) is 12.8 Å². The van der Waals surface area contributed by atoms with E-state index in [1.54, 1.807) is 31.4 Å². The maximum atomic E-state index is 11.8. The van der Waals surface area contributed by atoms with Crippen LogP contribution in [0.15, 0.2) is 33.6 Å². The third-order valence-corrected chi connectivity index (χ3v) is 3.28. The Kier molecular flexibility index (Phi) is 3.47. The van der Waals surface area contributed by atoms with Gasteiger partial charge in [0.05, 0.1) is 7.11 Å². The first kappa shape index (κ1) is 13.4. The van der Waals surface area contributed by atoms with E-state index in [4.69, 9.17) is 4.74 Å². The third kappa shape index (κ3) is 2.96. The van der Waals surface area contributed by atoms with E-state index in [1.807, 2.05) is 0 Å². The molecule has 1 aromatic carbocycles. The fourth-order valence-electron chi connectivity index (χ4n) is 2.00. The molecule has 0 radical (unpaired) electrons. The second kappa shape index (κ2) is 5.43. The summed E-state index contributed by atoms with van der Waals surface area (Å²) >= 11 is 0. The molecule has 1 N–H and O–H groups in total. The Bertz CT molecular complexity index is 698. The summed E-state index contributed by atoms with van der Waals surface area (Å²) in [6.07, 6.45) is 1.99. The molecule has 110 valence electrons. The van der Waals surface area contributed by atoms with Crippen LogP contribution in [-0.4, -0.2) is 28.8 Å². The highest BCUT2D eigenvalue weighted by Gasteiger charge is 2.24. The van der Waals surface area contributed by atoms with Gasteiger partial charge in [-0.05, 0) is 37.1 Å². The zero-order valence-corrected chi connectivity index (χ0v) is 11.5. The van der Waals surface area contributed by atoms with Crippen molar-refractivity contribution in [2.45, 2.75) is 25.4 Å². The van der Waals surface area contributed by atoms with Gasteiger partial charge in [-0.25, -0.2) is 9.36 Å². The van der Waals surface area contributed by atoms with Gasteiger partial charge in [0.15, 0.2) is 5.82 Å². The van der Waals surface area contributed by atoms with Gasteiger partial charge in [0.2, 0.25) is 5.91 Å². The van der Waals surface area contributed by atoms with E-state index in [2.05, 4.69) is 15.0 Å². The number of hydrogen-bond acceptors (Lipinski definition) is 5. The highest BCUT2D eigenvalue weighted by molar-refractivity contribution is 5.77. The molecule has 7 nitrogen and oxygen atoms in total. The Morgan fingerprint density at radius 1 is 1.43 bits per heavy atom. The van der Waals surface area contributed by atoms with Crippen LogP contribution >= 0.6 is 0 Å². The van der Waals surface area contributed by atoms with Crippen molar-refractivity contribution in [3.63, 3.8) is 0 Å². The third-order valence-electron chi connectivity index (χ3n) is 3.28. The number of nitrogens with one attached hydrogen (secondary N) is 1. The number of benzene rings is 1. The van der Waals surface area contributed by atoms with Crippen LogP contribution in [0.4, 0.5) is 0 Å². The molecular formula is C14H15N3O4. The maximum Gasteiger partial charge on any atom is 0.442 e. The molecular weight excluding hydrogens is 274 g/mol. The molecule has 1 aliphatic rings. The molecule has 0 spiro atoms. The van der Waals surface area contributed by atoms with Gasteiger partial charge in [0.1, 0.15) is 12.3 Å². The van der Waals surface area contributed by atoms with Gasteiger partial charge in [0, 0.05) is 11.6 Å². The summed E-state index contributed by atoms with van der Waals surface area (Å²) in [5, 5.41) is 6.57. The maximum absolute atomic E-state index is 11.8. The number of carbonyl (C=O) groups is 1. The van der Waals surface area contributed by atoms with Crippen molar-refractivity contribution < 1.29 is 14.1 Å². The van der Waals surface area contributed by atoms with Gasteiger partial charge in [0.25, 0.3) is 0 Å². The number of aromatic nitrogens is 2. The summed E-state index contributed by atoms with van der Waals surface area (Å²) in [5.74, 6) is 0.167. The van der Waals surface area contributed by atoms with E-state index in [1.165, 1.54) is 4.57 Å². The molecule has 0 bridgehead atoms. The first-order chi connectivity index (χ1) is 10.2. The van der Waals surface area contributed by atoms with Crippen LogP contribution in [-0.2, 0) is 11.3 Å². The van der Waals surface area contributed by atoms with Crippen LogP contribution in [0.1, 0.15) is 12.8 Å². The predicted molar refractivity (Wildman–Crippen MR) is 73.9 cm³/mol. The molecule has 1 saturated carbocycles. The molecule has 1 heterocycles. The summed E-state index contributed by atoms with van der Waals surface area (Å²) < 4.78 is 11.0. The Balaban J connectivity index is 1.84. The average Bonchev–Trinajstić information content (AvgIpc) is 3.23. The zero-order chi connectivity index (χ0) is 14.8. The molecule has 0 atom stereocenters. The first-order valence-corrected chi connectivity index (χ1v) is 6.67. The van der Waals surface area contributed by atoms with Crippen molar-refractivity contribution in [3.05, 3.63) is 34.8 Å². The molecule has 1 fully saturated rings.